The fraction of sp³-hybridized carbons (Fsp3) is 0.806. The Kier molecular flexibility index (Phi) is 12.3. The van der Waals surface area contributed by atoms with Crippen LogP contribution in [0.5, 0.6) is 5.75 Å². The number of carboxylic acids is 1. The largest absolute Gasteiger partial charge is 0.508 e. The average molecular weight is 717 g/mol. The summed E-state index contributed by atoms with van der Waals surface area (Å²) >= 11 is 0. The third-order valence-electron chi connectivity index (χ3n) is 12.0. The zero-order valence-electron chi connectivity index (χ0n) is 27.9. The number of fused-ring (bicyclic) bond motifs is 5. The van der Waals surface area contributed by atoms with E-state index < -0.39 is 55.1 Å². The Balaban J connectivity index is 1.18. The van der Waals surface area contributed by atoms with Crippen molar-refractivity contribution in [3.05, 3.63) is 29.3 Å². The molecular weight excluding hydrogens is 667 g/mol. The number of halogens is 9. The average Bonchev–Trinajstić information content (AvgIpc) is 3.31. The predicted octanol–water partition coefficient (Wildman–Crippen LogP) is 10.7. The number of phenolic OH excluding ortho intramolecular Hbond substituents is 1. The van der Waals surface area contributed by atoms with Crippen LogP contribution >= 0.6 is 0 Å². The maximum absolute atomic E-state index is 13.8. The molecule has 2 saturated carbocycles. The minimum absolute atomic E-state index is 0.0467. The van der Waals surface area contributed by atoms with Crippen molar-refractivity contribution in [2.75, 3.05) is 0 Å². The monoisotopic (exact) mass is 716 g/mol. The van der Waals surface area contributed by atoms with Gasteiger partial charge in [-0.2, -0.15) is 39.5 Å². The van der Waals surface area contributed by atoms with Crippen LogP contribution in [-0.4, -0.2) is 51.3 Å². The molecule has 7 atom stereocenters. The van der Waals surface area contributed by atoms with Crippen LogP contribution < -0.4 is 0 Å². The number of hydrogen-bond acceptors (Lipinski definition) is 3. The predicted molar refractivity (Wildman–Crippen MR) is 165 cm³/mol. The maximum atomic E-state index is 13.8. The number of aryl methyl sites for hydroxylation is 1. The minimum atomic E-state index is -6.94. The summed E-state index contributed by atoms with van der Waals surface area (Å²) in [6.07, 6.45) is 1.01. The quantitative estimate of drug-likeness (QED) is 0.111. The normalized spacial score (nSPS) is 28.1. The van der Waals surface area contributed by atoms with Crippen molar-refractivity contribution in [3.63, 3.8) is 0 Å². The van der Waals surface area contributed by atoms with Crippen LogP contribution in [0.3, 0.4) is 0 Å². The number of aliphatic carboxylic acids is 1. The second-order valence-electron chi connectivity index (χ2n) is 15.1. The molecule has 13 heteroatoms. The summed E-state index contributed by atoms with van der Waals surface area (Å²) in [6.45, 7) is 2.26. The van der Waals surface area contributed by atoms with Gasteiger partial charge in [0.05, 0.1) is 12.0 Å². The SMILES string of the molecule is C[C@]12C[C@H](CCCCCCCCCC(CCCC(F)(F)C(F)(F)C(F)(F)C(F)(F)F)C(=O)O)C3c4ccc(O)cc4CCC3C1CC[C@@H]2O. The molecule has 0 bridgehead atoms. The van der Waals surface area contributed by atoms with Gasteiger partial charge in [0, 0.05) is 6.42 Å². The summed E-state index contributed by atoms with van der Waals surface area (Å²) in [6, 6.07) is 5.76. The van der Waals surface area contributed by atoms with Crippen molar-refractivity contribution in [2.45, 2.75) is 152 Å². The lowest BCUT2D eigenvalue weighted by Gasteiger charge is -2.54. The number of rotatable bonds is 17. The molecule has 3 aliphatic rings. The summed E-state index contributed by atoms with van der Waals surface area (Å²) in [7, 11) is 0. The number of unbranched alkanes of at least 4 members (excludes halogenated alkanes) is 6. The first-order valence-electron chi connectivity index (χ1n) is 17.7. The van der Waals surface area contributed by atoms with Gasteiger partial charge in [-0.25, -0.2) is 0 Å². The van der Waals surface area contributed by atoms with Gasteiger partial charge in [0.25, 0.3) is 0 Å². The number of alkyl halides is 9. The van der Waals surface area contributed by atoms with Crippen LogP contribution in [-0.2, 0) is 11.2 Å². The van der Waals surface area contributed by atoms with Crippen LogP contribution in [0.1, 0.15) is 127 Å². The van der Waals surface area contributed by atoms with Crippen LogP contribution in [0.15, 0.2) is 18.2 Å². The molecule has 2 fully saturated rings. The molecule has 0 heterocycles. The highest BCUT2D eigenvalue weighted by molar-refractivity contribution is 5.69. The van der Waals surface area contributed by atoms with E-state index in [1.54, 1.807) is 6.07 Å². The maximum Gasteiger partial charge on any atom is 0.460 e. The molecule has 280 valence electrons. The number of hydrogen-bond donors (Lipinski definition) is 3. The Labute approximate surface area is 281 Å². The summed E-state index contributed by atoms with van der Waals surface area (Å²) in [5.74, 6) is -19.7. The van der Waals surface area contributed by atoms with Crippen molar-refractivity contribution in [2.24, 2.45) is 29.1 Å². The third-order valence-corrected chi connectivity index (χ3v) is 12.0. The molecule has 3 aliphatic carbocycles. The zero-order chi connectivity index (χ0) is 36.4. The van der Waals surface area contributed by atoms with E-state index in [9.17, 15) is 59.6 Å². The lowest BCUT2D eigenvalue weighted by Crippen LogP contribution is -2.60. The Morgan fingerprint density at radius 3 is 2.10 bits per heavy atom. The van der Waals surface area contributed by atoms with Crippen molar-refractivity contribution < 1.29 is 59.6 Å². The van der Waals surface area contributed by atoms with Crippen molar-refractivity contribution >= 4 is 5.97 Å². The number of aromatic hydroxyl groups is 1. The van der Waals surface area contributed by atoms with E-state index in [0.29, 0.717) is 36.5 Å². The number of aliphatic hydroxyl groups excluding tert-OH is 1. The van der Waals surface area contributed by atoms with E-state index in [1.807, 2.05) is 6.07 Å². The Bertz CT molecular complexity index is 1270. The molecule has 0 aromatic heterocycles. The van der Waals surface area contributed by atoms with Crippen molar-refractivity contribution in [1.82, 2.24) is 0 Å². The van der Waals surface area contributed by atoms with E-state index in [1.165, 1.54) is 11.1 Å². The van der Waals surface area contributed by atoms with Gasteiger partial charge < -0.3 is 15.3 Å². The van der Waals surface area contributed by atoms with Gasteiger partial charge in [0.15, 0.2) is 0 Å². The molecule has 0 amide bonds. The van der Waals surface area contributed by atoms with E-state index in [0.717, 1.165) is 70.6 Å². The number of benzene rings is 1. The van der Waals surface area contributed by atoms with Gasteiger partial charge in [-0.05, 0) is 110 Å². The molecule has 49 heavy (non-hydrogen) atoms. The number of carbonyl (C=O) groups is 1. The molecule has 1 aromatic rings. The Morgan fingerprint density at radius 1 is 0.857 bits per heavy atom. The molecule has 0 aliphatic heterocycles. The smallest absolute Gasteiger partial charge is 0.460 e. The molecule has 4 unspecified atom stereocenters. The van der Waals surface area contributed by atoms with Crippen molar-refractivity contribution in [1.29, 1.82) is 0 Å². The van der Waals surface area contributed by atoms with E-state index in [4.69, 9.17) is 0 Å². The summed E-state index contributed by atoms with van der Waals surface area (Å²) in [5, 5.41) is 30.4. The molecule has 0 spiro atoms. The lowest BCUT2D eigenvalue weighted by atomic mass is 9.51. The third kappa shape index (κ3) is 8.16. The Hall–Kier alpha value is -2.18. The summed E-state index contributed by atoms with van der Waals surface area (Å²) in [4.78, 5) is 11.6. The van der Waals surface area contributed by atoms with Crippen molar-refractivity contribution in [3.8, 4) is 5.75 Å². The number of aliphatic hydroxyl groups is 1. The van der Waals surface area contributed by atoms with Crippen LogP contribution in [0, 0.1) is 29.1 Å². The van der Waals surface area contributed by atoms with Gasteiger partial charge in [0.1, 0.15) is 5.75 Å². The topological polar surface area (TPSA) is 77.8 Å². The van der Waals surface area contributed by atoms with Crippen LogP contribution in [0.4, 0.5) is 39.5 Å². The van der Waals surface area contributed by atoms with E-state index in [-0.39, 0.29) is 23.7 Å². The number of phenols is 1. The van der Waals surface area contributed by atoms with Gasteiger partial charge >= 0.3 is 29.9 Å². The highest BCUT2D eigenvalue weighted by Gasteiger charge is 2.81. The van der Waals surface area contributed by atoms with E-state index >= 15 is 0 Å². The molecule has 1 aromatic carbocycles. The van der Waals surface area contributed by atoms with Gasteiger partial charge in [-0.1, -0.05) is 57.9 Å². The molecule has 0 saturated heterocycles. The van der Waals surface area contributed by atoms with Crippen LogP contribution in [0.2, 0.25) is 0 Å². The first kappa shape index (κ1) is 39.6. The molecule has 3 N–H and O–H groups in total. The molecule has 0 radical (unpaired) electrons. The van der Waals surface area contributed by atoms with Gasteiger partial charge in [-0.3, -0.25) is 4.79 Å². The second-order valence-corrected chi connectivity index (χ2v) is 15.1. The first-order valence-corrected chi connectivity index (χ1v) is 17.7. The fourth-order valence-corrected chi connectivity index (χ4v) is 9.34. The zero-order valence-corrected chi connectivity index (χ0v) is 27.9. The summed E-state index contributed by atoms with van der Waals surface area (Å²) < 4.78 is 118. The Morgan fingerprint density at radius 2 is 1.47 bits per heavy atom. The minimum Gasteiger partial charge on any atom is -0.508 e. The standard InChI is InChI=1S/C36H49F9O4/c1-32-21-24(30-26-16-14-25(46)20-23(26)13-15-27(30)28(32)17-18-29(32)47)11-8-6-4-2-3-5-7-10-22(31(48)49)12-9-19-33(37,38)34(39,40)35(41,42)36(43,44)45/h14,16,20,22,24,27-30,46-47H,2-13,15,17-19,21H2,1H3,(H,48,49)/t22?,24-,27?,28?,29-,30?,32-/m0/s1. The van der Waals surface area contributed by atoms with Gasteiger partial charge in [0.2, 0.25) is 0 Å². The second kappa shape index (κ2) is 15.2. The molecule has 4 nitrogen and oxygen atoms in total. The van der Waals surface area contributed by atoms with E-state index in [2.05, 4.69) is 13.0 Å². The van der Waals surface area contributed by atoms with Gasteiger partial charge in [-0.15, -0.1) is 0 Å². The molecular formula is C36H49F9O4. The van der Waals surface area contributed by atoms with Crippen LogP contribution in [0.25, 0.3) is 0 Å². The first-order chi connectivity index (χ1) is 22.7. The highest BCUT2D eigenvalue weighted by Crippen LogP contribution is 2.63. The fourth-order valence-electron chi connectivity index (χ4n) is 9.34. The molecule has 4 rings (SSSR count). The lowest BCUT2D eigenvalue weighted by molar-refractivity contribution is -0.396. The highest BCUT2D eigenvalue weighted by atomic mass is 19.4. The number of carboxylic acid groups (broad SMARTS) is 1. The summed E-state index contributed by atoms with van der Waals surface area (Å²) in [5.41, 5.74) is 2.49.